The highest BCUT2D eigenvalue weighted by Gasteiger charge is 2.79. The maximum Gasteiger partial charge on any atom is 0.335 e. The molecule has 1 saturated carbocycles. The van der Waals surface area contributed by atoms with Crippen molar-refractivity contribution >= 4 is 11.9 Å². The molecule has 0 aromatic carbocycles. The Morgan fingerprint density at radius 2 is 1.93 bits per heavy atom. The summed E-state index contributed by atoms with van der Waals surface area (Å²) in [6, 6.07) is 0. The van der Waals surface area contributed by atoms with Gasteiger partial charge in [0.2, 0.25) is 0 Å². The van der Waals surface area contributed by atoms with E-state index in [4.69, 9.17) is 28.4 Å². The van der Waals surface area contributed by atoms with E-state index in [2.05, 4.69) is 19.9 Å². The first kappa shape index (κ1) is 29.5. The molecule has 40 heavy (non-hydrogen) atoms. The molecule has 3 aliphatic heterocycles. The SMILES string of the molecule is COC1C(=O)OCCC2CC(C)=CC3OC4CC(OC(=O)/C=C\C=C\C(C(C)O)OCCC1C)C(C)(C23)C41CO1. The van der Waals surface area contributed by atoms with Crippen LogP contribution in [0.15, 0.2) is 36.0 Å². The third-order valence-corrected chi connectivity index (χ3v) is 9.89. The zero-order valence-electron chi connectivity index (χ0n) is 24.2. The molecular formula is C31H44O9. The maximum atomic E-state index is 13.0. The van der Waals surface area contributed by atoms with E-state index in [0.717, 1.165) is 6.42 Å². The molecule has 0 aromatic heterocycles. The van der Waals surface area contributed by atoms with Crippen LogP contribution in [-0.2, 0) is 38.0 Å². The Hall–Kier alpha value is -2.04. The standard InChI is InChI=1S/C31H44O9/c1-18-14-21-11-13-37-29(34)28(35-5)19(2)10-12-36-22(20(3)32)8-6-7-9-26(33)40-24-16-25-31(17-38-31)30(24,4)27(21)23(15-18)39-25/h6-9,15,19-25,27-28,32H,10-14,16-17H2,1-5H3/b8-6+,9-7-. The highest BCUT2D eigenvalue weighted by molar-refractivity contribution is 5.82. The number of esters is 2. The summed E-state index contributed by atoms with van der Waals surface area (Å²) < 4.78 is 36.1. The van der Waals surface area contributed by atoms with Crippen molar-refractivity contribution < 1.29 is 43.1 Å². The number of cyclic esters (lactones) is 1. The lowest BCUT2D eigenvalue weighted by Gasteiger charge is -2.53. The first-order chi connectivity index (χ1) is 19.1. The summed E-state index contributed by atoms with van der Waals surface area (Å²) in [6.07, 6.45) is 8.60. The van der Waals surface area contributed by atoms with Gasteiger partial charge in [-0.15, -0.1) is 0 Å². The summed E-state index contributed by atoms with van der Waals surface area (Å²) in [7, 11) is 1.52. The number of hydrogen-bond donors (Lipinski definition) is 1. The van der Waals surface area contributed by atoms with E-state index in [1.807, 2.05) is 6.92 Å². The smallest absolute Gasteiger partial charge is 0.335 e. The van der Waals surface area contributed by atoms with E-state index >= 15 is 0 Å². The fourth-order valence-electron chi connectivity index (χ4n) is 7.68. The topological polar surface area (TPSA) is 113 Å². The Morgan fingerprint density at radius 1 is 1.15 bits per heavy atom. The molecule has 9 nitrogen and oxygen atoms in total. The molecule has 2 saturated heterocycles. The summed E-state index contributed by atoms with van der Waals surface area (Å²) in [4.78, 5) is 26.0. The van der Waals surface area contributed by atoms with Crippen LogP contribution in [0.5, 0.6) is 0 Å². The van der Waals surface area contributed by atoms with Crippen LogP contribution in [0.25, 0.3) is 0 Å². The molecule has 222 valence electrons. The van der Waals surface area contributed by atoms with Crippen LogP contribution in [0.3, 0.4) is 0 Å². The molecule has 11 unspecified atom stereocenters. The van der Waals surface area contributed by atoms with Crippen molar-refractivity contribution in [3.05, 3.63) is 36.0 Å². The van der Waals surface area contributed by atoms with E-state index in [-0.39, 0.29) is 48.6 Å². The number of carbonyl (C=O) groups excluding carboxylic acids is 2. The third kappa shape index (κ3) is 5.31. The minimum absolute atomic E-state index is 0.0458. The van der Waals surface area contributed by atoms with Crippen molar-refractivity contribution in [2.45, 2.75) is 95.6 Å². The van der Waals surface area contributed by atoms with E-state index < -0.39 is 35.3 Å². The lowest BCUT2D eigenvalue weighted by atomic mass is 9.57. The molecule has 5 aliphatic rings. The number of aliphatic hydroxyl groups is 1. The molecule has 2 bridgehead atoms. The minimum Gasteiger partial charge on any atom is -0.464 e. The predicted octanol–water partition coefficient (Wildman–Crippen LogP) is 3.29. The van der Waals surface area contributed by atoms with Gasteiger partial charge in [-0.25, -0.2) is 9.59 Å². The Morgan fingerprint density at radius 3 is 2.62 bits per heavy atom. The van der Waals surface area contributed by atoms with Gasteiger partial charge in [-0.1, -0.05) is 43.7 Å². The quantitative estimate of drug-likeness (QED) is 0.309. The lowest BCUT2D eigenvalue weighted by Crippen LogP contribution is -2.60. The van der Waals surface area contributed by atoms with Crippen LogP contribution in [0.4, 0.5) is 0 Å². The van der Waals surface area contributed by atoms with Crippen molar-refractivity contribution in [1.82, 2.24) is 0 Å². The molecule has 1 spiro atoms. The van der Waals surface area contributed by atoms with Gasteiger partial charge in [0.25, 0.3) is 0 Å². The van der Waals surface area contributed by atoms with Crippen LogP contribution < -0.4 is 0 Å². The molecule has 0 radical (unpaired) electrons. The largest absolute Gasteiger partial charge is 0.464 e. The highest BCUT2D eigenvalue weighted by atomic mass is 16.6. The molecule has 0 amide bonds. The van der Waals surface area contributed by atoms with Crippen molar-refractivity contribution in [2.24, 2.45) is 23.2 Å². The molecular weight excluding hydrogens is 516 g/mol. The van der Waals surface area contributed by atoms with Crippen LogP contribution in [0.2, 0.25) is 0 Å². The molecule has 0 aromatic rings. The zero-order chi connectivity index (χ0) is 28.7. The molecule has 2 aliphatic carbocycles. The number of allylic oxidation sites excluding steroid dienone is 3. The summed E-state index contributed by atoms with van der Waals surface area (Å²) in [5.41, 5.74) is 0.345. The van der Waals surface area contributed by atoms with Crippen molar-refractivity contribution in [2.75, 3.05) is 26.9 Å². The van der Waals surface area contributed by atoms with Gasteiger partial charge in [0.1, 0.15) is 17.8 Å². The molecule has 3 fully saturated rings. The zero-order valence-corrected chi connectivity index (χ0v) is 24.2. The van der Waals surface area contributed by atoms with Crippen LogP contribution in [0.1, 0.15) is 53.4 Å². The van der Waals surface area contributed by atoms with Crippen LogP contribution >= 0.6 is 0 Å². The fourth-order valence-corrected chi connectivity index (χ4v) is 7.68. The minimum atomic E-state index is -0.755. The molecule has 11 atom stereocenters. The molecule has 1 N–H and O–H groups in total. The van der Waals surface area contributed by atoms with Crippen molar-refractivity contribution in [3.63, 3.8) is 0 Å². The van der Waals surface area contributed by atoms with Gasteiger partial charge >= 0.3 is 11.9 Å². The fraction of sp³-hybridized carbons (Fsp3) is 0.742. The molecule has 5 rings (SSSR count). The summed E-state index contributed by atoms with van der Waals surface area (Å²) in [6.45, 7) is 9.05. The van der Waals surface area contributed by atoms with Crippen molar-refractivity contribution in [1.29, 1.82) is 0 Å². The van der Waals surface area contributed by atoms with Gasteiger partial charge in [0.15, 0.2) is 6.10 Å². The number of aliphatic hydroxyl groups excluding tert-OH is 1. The normalized spacial score (nSPS) is 46.5. The van der Waals surface area contributed by atoms with Crippen LogP contribution in [0, 0.1) is 23.2 Å². The molecule has 9 heteroatoms. The van der Waals surface area contributed by atoms with Crippen molar-refractivity contribution in [3.8, 4) is 0 Å². The number of ether oxygens (including phenoxy) is 6. The Kier molecular flexibility index (Phi) is 8.60. The number of carbonyl (C=O) groups is 2. The summed E-state index contributed by atoms with van der Waals surface area (Å²) in [5.74, 6) is -0.740. The number of hydrogen-bond acceptors (Lipinski definition) is 9. The monoisotopic (exact) mass is 560 g/mol. The number of epoxide rings is 1. The van der Waals surface area contributed by atoms with E-state index in [1.54, 1.807) is 25.2 Å². The second kappa shape index (κ2) is 11.7. The van der Waals surface area contributed by atoms with Gasteiger partial charge in [-0.05, 0) is 44.9 Å². The Balaban J connectivity index is 1.43. The van der Waals surface area contributed by atoms with Gasteiger partial charge in [0, 0.05) is 37.5 Å². The third-order valence-electron chi connectivity index (χ3n) is 9.89. The number of rotatable bonds is 2. The van der Waals surface area contributed by atoms with E-state index in [9.17, 15) is 14.7 Å². The average Bonchev–Trinajstić information content (AvgIpc) is 3.67. The molecule has 3 heterocycles. The first-order valence-corrected chi connectivity index (χ1v) is 14.6. The summed E-state index contributed by atoms with van der Waals surface area (Å²) in [5, 5.41) is 10.2. The highest BCUT2D eigenvalue weighted by Crippen LogP contribution is 2.68. The van der Waals surface area contributed by atoms with E-state index in [1.165, 1.54) is 18.8 Å². The Labute approximate surface area is 236 Å². The van der Waals surface area contributed by atoms with E-state index in [0.29, 0.717) is 32.5 Å². The first-order valence-electron chi connectivity index (χ1n) is 14.6. The Bertz CT molecular complexity index is 1040. The maximum absolute atomic E-state index is 13.0. The van der Waals surface area contributed by atoms with Crippen LogP contribution in [-0.4, -0.2) is 86.2 Å². The lowest BCUT2D eigenvalue weighted by molar-refractivity contribution is -0.184. The van der Waals surface area contributed by atoms with Gasteiger partial charge in [0.05, 0.1) is 31.5 Å². The number of methoxy groups -OCH3 is 1. The second-order valence-electron chi connectivity index (χ2n) is 12.4. The predicted molar refractivity (Wildman–Crippen MR) is 145 cm³/mol. The van der Waals surface area contributed by atoms with Gasteiger partial charge in [-0.2, -0.15) is 0 Å². The van der Waals surface area contributed by atoms with Gasteiger partial charge < -0.3 is 33.5 Å². The van der Waals surface area contributed by atoms with Gasteiger partial charge in [-0.3, -0.25) is 0 Å². The second-order valence-corrected chi connectivity index (χ2v) is 12.4. The average molecular weight is 561 g/mol. The summed E-state index contributed by atoms with van der Waals surface area (Å²) >= 11 is 0.